The number of benzene rings is 2. The van der Waals surface area contributed by atoms with Crippen LogP contribution >= 0.6 is 11.8 Å². The van der Waals surface area contributed by atoms with E-state index in [-0.39, 0.29) is 23.5 Å². The molecule has 0 aliphatic carbocycles. The molecule has 1 amide bonds. The van der Waals surface area contributed by atoms with Crippen molar-refractivity contribution in [3.8, 4) is 0 Å². The van der Waals surface area contributed by atoms with Gasteiger partial charge in [-0.05, 0) is 43.0 Å². The van der Waals surface area contributed by atoms with E-state index in [4.69, 9.17) is 23.7 Å². The third-order valence-corrected chi connectivity index (χ3v) is 4.85. The highest BCUT2D eigenvalue weighted by molar-refractivity contribution is 8.13. The van der Waals surface area contributed by atoms with Crippen LogP contribution in [-0.2, 0) is 28.5 Å². The van der Waals surface area contributed by atoms with Crippen LogP contribution in [0.4, 0.5) is 9.59 Å². The molecule has 1 atom stereocenters. The fourth-order valence-corrected chi connectivity index (χ4v) is 3.02. The van der Waals surface area contributed by atoms with Gasteiger partial charge in [-0.3, -0.25) is 0 Å². The number of thioether (sulfide) groups is 1. The molecule has 35 heavy (non-hydrogen) atoms. The van der Waals surface area contributed by atoms with E-state index in [1.54, 1.807) is 43.3 Å². The Balaban J connectivity index is 1.74. The van der Waals surface area contributed by atoms with Crippen molar-refractivity contribution in [3.05, 3.63) is 71.8 Å². The van der Waals surface area contributed by atoms with Crippen molar-refractivity contribution in [3.63, 3.8) is 0 Å². The van der Waals surface area contributed by atoms with Crippen molar-refractivity contribution < 1.29 is 47.7 Å². The number of amides is 1. The lowest BCUT2D eigenvalue weighted by Crippen LogP contribution is -2.44. The number of hydrogen-bond donors (Lipinski definition) is 1. The van der Waals surface area contributed by atoms with E-state index in [9.17, 15) is 24.0 Å². The number of rotatable bonds is 11. The Labute approximate surface area is 205 Å². The first kappa shape index (κ1) is 27.2. The van der Waals surface area contributed by atoms with E-state index < -0.39 is 48.9 Å². The minimum absolute atomic E-state index is 0.0330. The largest absolute Gasteiger partial charge is 0.464 e. The van der Waals surface area contributed by atoms with Crippen molar-refractivity contribution in [2.24, 2.45) is 0 Å². The first-order chi connectivity index (χ1) is 16.9. The molecular formula is C23H23NO10S. The van der Waals surface area contributed by atoms with Crippen molar-refractivity contribution in [2.45, 2.75) is 13.0 Å². The molecule has 0 aliphatic heterocycles. The summed E-state index contributed by atoms with van der Waals surface area (Å²) in [5.41, 5.74) is 0.556. The predicted octanol–water partition coefficient (Wildman–Crippen LogP) is 3.14. The van der Waals surface area contributed by atoms with Crippen LogP contribution in [0.25, 0.3) is 0 Å². The van der Waals surface area contributed by atoms with Gasteiger partial charge >= 0.3 is 29.3 Å². The van der Waals surface area contributed by atoms with E-state index in [0.717, 1.165) is 0 Å². The summed E-state index contributed by atoms with van der Waals surface area (Å²) in [7, 11) is 0. The summed E-state index contributed by atoms with van der Waals surface area (Å²) < 4.78 is 24.1. The maximum atomic E-state index is 12.1. The van der Waals surface area contributed by atoms with Crippen LogP contribution in [0.15, 0.2) is 60.7 Å². The van der Waals surface area contributed by atoms with Gasteiger partial charge in [0.15, 0.2) is 0 Å². The molecule has 0 spiro atoms. The monoisotopic (exact) mass is 505 g/mol. The molecule has 2 aromatic rings. The zero-order chi connectivity index (χ0) is 25.5. The van der Waals surface area contributed by atoms with Crippen molar-refractivity contribution in [1.29, 1.82) is 0 Å². The van der Waals surface area contributed by atoms with E-state index in [1.807, 2.05) is 0 Å². The lowest BCUT2D eigenvalue weighted by atomic mass is 10.2. The van der Waals surface area contributed by atoms with Gasteiger partial charge in [-0.25, -0.2) is 24.0 Å². The quantitative estimate of drug-likeness (QED) is 0.273. The summed E-state index contributed by atoms with van der Waals surface area (Å²) in [5, 5.41) is 1.37. The Hall–Kier alpha value is -4.06. The van der Waals surface area contributed by atoms with Crippen LogP contribution in [-0.4, -0.2) is 61.3 Å². The smallest absolute Gasteiger partial charge is 0.410 e. The third-order valence-electron chi connectivity index (χ3n) is 4.00. The zero-order valence-corrected chi connectivity index (χ0v) is 19.5. The number of carbonyl (C=O) groups is 5. The fraction of sp³-hybridized carbons (Fsp3) is 0.261. The maximum Gasteiger partial charge on any atom is 0.410 e. The zero-order valence-electron chi connectivity index (χ0n) is 18.7. The number of nitrogens with one attached hydrogen (secondary N) is 1. The number of ether oxygens (including phenoxy) is 5. The molecule has 0 heterocycles. The van der Waals surface area contributed by atoms with E-state index in [2.05, 4.69) is 5.32 Å². The average Bonchev–Trinajstić information content (AvgIpc) is 2.87. The fourth-order valence-electron chi connectivity index (χ4n) is 2.37. The lowest BCUT2D eigenvalue weighted by Gasteiger charge is -2.16. The first-order valence-electron chi connectivity index (χ1n) is 10.2. The topological polar surface area (TPSA) is 144 Å². The van der Waals surface area contributed by atoms with Gasteiger partial charge in [-0.1, -0.05) is 36.4 Å². The molecule has 2 rings (SSSR count). The molecule has 186 valence electrons. The summed E-state index contributed by atoms with van der Waals surface area (Å²) in [6.45, 7) is 0.271. The minimum Gasteiger partial charge on any atom is -0.464 e. The molecule has 1 N–H and O–H groups in total. The number of alkyl carbamates (subject to hydrolysis) is 1. The molecule has 0 aliphatic rings. The molecule has 2 aromatic carbocycles. The maximum absolute atomic E-state index is 12.1. The van der Waals surface area contributed by atoms with Crippen LogP contribution in [0.5, 0.6) is 0 Å². The Morgan fingerprint density at radius 1 is 0.743 bits per heavy atom. The summed E-state index contributed by atoms with van der Waals surface area (Å²) in [6, 6.07) is 14.9. The minimum atomic E-state index is -1.27. The van der Waals surface area contributed by atoms with E-state index in [1.165, 1.54) is 24.3 Å². The molecule has 0 saturated heterocycles. The molecule has 0 aromatic heterocycles. The summed E-state index contributed by atoms with van der Waals surface area (Å²) >= 11 is 0.545. The van der Waals surface area contributed by atoms with Gasteiger partial charge in [0.1, 0.15) is 6.04 Å². The van der Waals surface area contributed by atoms with Crippen molar-refractivity contribution >= 4 is 41.1 Å². The van der Waals surface area contributed by atoms with E-state index >= 15 is 0 Å². The number of hydrogen-bond acceptors (Lipinski definition) is 11. The van der Waals surface area contributed by atoms with Crippen LogP contribution in [0.1, 0.15) is 27.6 Å². The molecule has 0 saturated carbocycles. The second kappa shape index (κ2) is 15.0. The molecule has 0 radical (unpaired) electrons. The number of esters is 3. The van der Waals surface area contributed by atoms with Gasteiger partial charge in [0.25, 0.3) is 0 Å². The highest BCUT2D eigenvalue weighted by atomic mass is 32.2. The van der Waals surface area contributed by atoms with Gasteiger partial charge in [0, 0.05) is 5.75 Å². The first-order valence-corrected chi connectivity index (χ1v) is 11.2. The normalized spacial score (nSPS) is 10.9. The average molecular weight is 506 g/mol. The SMILES string of the molecule is CCOC(=O)[C@H](CSC(=O)OCOC(=O)c1ccccc1)NC(=O)OCOC(=O)c1ccccc1. The van der Waals surface area contributed by atoms with Gasteiger partial charge < -0.3 is 29.0 Å². The Bertz CT molecular complexity index is 1000. The van der Waals surface area contributed by atoms with Crippen molar-refractivity contribution in [2.75, 3.05) is 25.9 Å². The molecule has 12 heteroatoms. The third kappa shape index (κ3) is 10.2. The second-order valence-corrected chi connectivity index (χ2v) is 7.37. The highest BCUT2D eigenvalue weighted by Gasteiger charge is 2.25. The second-order valence-electron chi connectivity index (χ2n) is 6.42. The molecule has 11 nitrogen and oxygen atoms in total. The summed E-state index contributed by atoms with van der Waals surface area (Å²) in [5.74, 6) is -2.46. The lowest BCUT2D eigenvalue weighted by molar-refractivity contribution is -0.144. The summed E-state index contributed by atoms with van der Waals surface area (Å²) in [6.07, 6.45) is -1.07. The van der Waals surface area contributed by atoms with Gasteiger partial charge in [0.05, 0.1) is 17.7 Å². The Kier molecular flexibility index (Phi) is 11.6. The van der Waals surface area contributed by atoms with Gasteiger partial charge in [-0.15, -0.1) is 0 Å². The van der Waals surface area contributed by atoms with Crippen LogP contribution in [0.2, 0.25) is 0 Å². The van der Waals surface area contributed by atoms with Crippen LogP contribution < -0.4 is 5.32 Å². The standard InChI is InChI=1S/C23H23NO10S/c1-2-30-21(27)18(24-22(28)33-14-31-19(25)16-9-5-3-6-10-16)13-35-23(29)34-15-32-20(26)17-11-7-4-8-12-17/h3-12,18H,2,13-15H2,1H3,(H,24,28)/t18-/m0/s1. The van der Waals surface area contributed by atoms with E-state index in [0.29, 0.717) is 11.8 Å². The predicted molar refractivity (Wildman–Crippen MR) is 122 cm³/mol. The molecule has 0 fully saturated rings. The number of carbonyl (C=O) groups excluding carboxylic acids is 5. The van der Waals surface area contributed by atoms with Crippen LogP contribution in [0.3, 0.4) is 0 Å². The Morgan fingerprint density at radius 3 is 1.77 bits per heavy atom. The van der Waals surface area contributed by atoms with Crippen molar-refractivity contribution in [1.82, 2.24) is 5.32 Å². The van der Waals surface area contributed by atoms with Crippen LogP contribution in [0, 0.1) is 0 Å². The molecule has 0 unspecified atom stereocenters. The Morgan fingerprint density at radius 2 is 1.26 bits per heavy atom. The van der Waals surface area contributed by atoms with Gasteiger partial charge in [0.2, 0.25) is 13.6 Å². The highest BCUT2D eigenvalue weighted by Crippen LogP contribution is 2.10. The molecular weight excluding hydrogens is 482 g/mol. The van der Waals surface area contributed by atoms with Gasteiger partial charge in [-0.2, -0.15) is 0 Å². The molecule has 0 bridgehead atoms. The summed E-state index contributed by atoms with van der Waals surface area (Å²) in [4.78, 5) is 59.7.